The van der Waals surface area contributed by atoms with Crippen molar-refractivity contribution in [2.75, 3.05) is 5.32 Å². The molecule has 0 aliphatic heterocycles. The number of hydrogen-bond donors (Lipinski definition) is 2. The number of hydrogen-bond acceptors (Lipinski definition) is 3. The maximum Gasteiger partial charge on any atom is 0.329 e. The molecule has 0 aliphatic rings. The van der Waals surface area contributed by atoms with Crippen LogP contribution in [0.4, 0.5) is 10.1 Å². The maximum absolute atomic E-state index is 13.0. The van der Waals surface area contributed by atoms with Crippen LogP contribution in [0.15, 0.2) is 47.6 Å². The van der Waals surface area contributed by atoms with Crippen molar-refractivity contribution in [3.8, 4) is 0 Å². The number of nitrogens with one attached hydrogen (secondary N) is 2. The van der Waals surface area contributed by atoms with E-state index in [2.05, 4.69) is 10.4 Å². The van der Waals surface area contributed by atoms with Gasteiger partial charge in [-0.2, -0.15) is 5.10 Å². The van der Waals surface area contributed by atoms with Crippen molar-refractivity contribution in [2.24, 2.45) is 5.10 Å². The molecule has 0 saturated carbocycles. The zero-order valence-corrected chi connectivity index (χ0v) is 13.0. The number of nitrogens with zero attached hydrogens (tertiary/aromatic N) is 1. The third-order valence-corrected chi connectivity index (χ3v) is 3.18. The van der Waals surface area contributed by atoms with E-state index in [4.69, 9.17) is 23.2 Å². The van der Waals surface area contributed by atoms with Crippen molar-refractivity contribution in [1.82, 2.24) is 5.43 Å². The van der Waals surface area contributed by atoms with Crippen LogP contribution >= 0.6 is 23.2 Å². The number of amides is 2. The zero-order valence-electron chi connectivity index (χ0n) is 11.5. The highest BCUT2D eigenvalue weighted by atomic mass is 35.5. The Morgan fingerprint density at radius 2 is 1.87 bits per heavy atom. The molecule has 5 nitrogen and oxygen atoms in total. The summed E-state index contributed by atoms with van der Waals surface area (Å²) in [5.74, 6) is -2.51. The molecular weight excluding hydrogens is 344 g/mol. The van der Waals surface area contributed by atoms with Gasteiger partial charge in [-0.15, -0.1) is 0 Å². The lowest BCUT2D eigenvalue weighted by Crippen LogP contribution is -2.32. The molecule has 23 heavy (non-hydrogen) atoms. The van der Waals surface area contributed by atoms with E-state index in [-0.39, 0.29) is 5.69 Å². The summed E-state index contributed by atoms with van der Waals surface area (Å²) < 4.78 is 13.0. The van der Waals surface area contributed by atoms with Crippen LogP contribution in [0.2, 0.25) is 10.0 Å². The second kappa shape index (κ2) is 7.71. The molecule has 2 amide bonds. The third kappa shape index (κ3) is 5.05. The van der Waals surface area contributed by atoms with Gasteiger partial charge in [0.25, 0.3) is 0 Å². The van der Waals surface area contributed by atoms with Gasteiger partial charge in [-0.05, 0) is 30.3 Å². The molecule has 0 saturated heterocycles. The van der Waals surface area contributed by atoms with Crippen LogP contribution in [0.1, 0.15) is 5.56 Å². The molecular formula is C15H10Cl2FN3O2. The van der Waals surface area contributed by atoms with Crippen LogP contribution in [0.25, 0.3) is 0 Å². The van der Waals surface area contributed by atoms with Crippen LogP contribution in [0, 0.1) is 5.82 Å². The second-order valence-electron chi connectivity index (χ2n) is 4.33. The predicted molar refractivity (Wildman–Crippen MR) is 87.2 cm³/mol. The minimum atomic E-state index is -1.00. The molecule has 8 heteroatoms. The summed E-state index contributed by atoms with van der Waals surface area (Å²) in [5, 5.41) is 6.68. The van der Waals surface area contributed by atoms with Crippen LogP contribution in [0.3, 0.4) is 0 Å². The van der Waals surface area contributed by atoms with Crippen LogP contribution in [-0.4, -0.2) is 18.0 Å². The predicted octanol–water partition coefficient (Wildman–Crippen LogP) is 3.22. The van der Waals surface area contributed by atoms with Crippen molar-refractivity contribution in [3.63, 3.8) is 0 Å². The average molecular weight is 354 g/mol. The standard InChI is InChI=1S/C15H10Cl2FN3O2/c16-10-5-4-9(13(17)6-10)8-19-21-15(23)14(22)20-12-3-1-2-11(18)7-12/h1-8H,(H,20,22)(H,21,23). The normalized spacial score (nSPS) is 10.6. The first-order valence-corrected chi connectivity index (χ1v) is 7.06. The Balaban J connectivity index is 1.93. The molecule has 0 spiro atoms. The van der Waals surface area contributed by atoms with Crippen LogP contribution in [0.5, 0.6) is 0 Å². The number of carbonyl (C=O) groups is 2. The maximum atomic E-state index is 13.0. The molecule has 0 aliphatic carbocycles. The second-order valence-corrected chi connectivity index (χ2v) is 5.17. The lowest BCUT2D eigenvalue weighted by Gasteiger charge is -2.03. The molecule has 2 aromatic rings. The SMILES string of the molecule is O=C(NN=Cc1ccc(Cl)cc1Cl)C(=O)Nc1cccc(F)c1. The van der Waals surface area contributed by atoms with Crippen molar-refractivity contribution in [1.29, 1.82) is 0 Å². The van der Waals surface area contributed by atoms with E-state index in [1.165, 1.54) is 30.5 Å². The highest BCUT2D eigenvalue weighted by Crippen LogP contribution is 2.19. The first-order chi connectivity index (χ1) is 11.0. The number of rotatable bonds is 3. The van der Waals surface area contributed by atoms with Gasteiger partial charge in [-0.3, -0.25) is 9.59 Å². The quantitative estimate of drug-likeness (QED) is 0.505. The van der Waals surface area contributed by atoms with E-state index in [9.17, 15) is 14.0 Å². The number of carbonyl (C=O) groups excluding carboxylic acids is 2. The van der Waals surface area contributed by atoms with Gasteiger partial charge in [0.2, 0.25) is 0 Å². The minimum absolute atomic E-state index is 0.162. The van der Waals surface area contributed by atoms with Crippen molar-refractivity contribution >= 4 is 46.9 Å². The van der Waals surface area contributed by atoms with E-state index in [0.717, 1.165) is 6.07 Å². The Labute approximate surface area is 141 Å². The van der Waals surface area contributed by atoms with Gasteiger partial charge in [0.05, 0.1) is 11.2 Å². The fraction of sp³-hybridized carbons (Fsp3) is 0. The van der Waals surface area contributed by atoms with Crippen molar-refractivity contribution in [2.45, 2.75) is 0 Å². The van der Waals surface area contributed by atoms with E-state index in [1.807, 2.05) is 5.43 Å². The molecule has 2 N–H and O–H groups in total. The molecule has 0 fully saturated rings. The van der Waals surface area contributed by atoms with Crippen LogP contribution < -0.4 is 10.7 Å². The summed E-state index contributed by atoms with van der Waals surface area (Å²) in [6.07, 6.45) is 1.27. The van der Waals surface area contributed by atoms with Gasteiger partial charge in [0.1, 0.15) is 5.82 Å². The van der Waals surface area contributed by atoms with E-state index < -0.39 is 17.6 Å². The van der Waals surface area contributed by atoms with Gasteiger partial charge in [0, 0.05) is 16.3 Å². The van der Waals surface area contributed by atoms with Gasteiger partial charge < -0.3 is 5.32 Å². The van der Waals surface area contributed by atoms with Gasteiger partial charge in [-0.1, -0.05) is 35.3 Å². The highest BCUT2D eigenvalue weighted by Gasteiger charge is 2.13. The fourth-order valence-electron chi connectivity index (χ4n) is 1.57. The van der Waals surface area contributed by atoms with Gasteiger partial charge in [-0.25, -0.2) is 9.82 Å². The molecule has 0 unspecified atom stereocenters. The molecule has 0 bridgehead atoms. The van der Waals surface area contributed by atoms with E-state index in [1.54, 1.807) is 12.1 Å². The zero-order chi connectivity index (χ0) is 16.8. The summed E-state index contributed by atoms with van der Waals surface area (Å²) >= 11 is 11.7. The van der Waals surface area contributed by atoms with E-state index >= 15 is 0 Å². The first kappa shape index (κ1) is 16.9. The lowest BCUT2D eigenvalue weighted by atomic mass is 10.2. The molecule has 0 radical (unpaired) electrons. The number of anilines is 1. The molecule has 2 rings (SSSR count). The average Bonchev–Trinajstić information content (AvgIpc) is 2.49. The van der Waals surface area contributed by atoms with E-state index in [0.29, 0.717) is 15.6 Å². The fourth-order valence-corrected chi connectivity index (χ4v) is 2.03. The number of benzene rings is 2. The largest absolute Gasteiger partial charge is 0.329 e. The summed E-state index contributed by atoms with van der Waals surface area (Å²) in [5.41, 5.74) is 2.72. The highest BCUT2D eigenvalue weighted by molar-refractivity contribution is 6.39. The smallest absolute Gasteiger partial charge is 0.318 e. The first-order valence-electron chi connectivity index (χ1n) is 6.31. The Morgan fingerprint density at radius 1 is 1.09 bits per heavy atom. The lowest BCUT2D eigenvalue weighted by molar-refractivity contribution is -0.136. The number of hydrazone groups is 1. The number of halogens is 3. The summed E-state index contributed by atoms with van der Waals surface area (Å²) in [7, 11) is 0. The molecule has 0 aromatic heterocycles. The monoisotopic (exact) mass is 353 g/mol. The third-order valence-electron chi connectivity index (χ3n) is 2.62. The molecule has 0 heterocycles. The Bertz CT molecular complexity index is 781. The summed E-state index contributed by atoms with van der Waals surface area (Å²) in [6.45, 7) is 0. The molecule has 2 aromatic carbocycles. The summed E-state index contributed by atoms with van der Waals surface area (Å²) in [6, 6.07) is 9.88. The molecule has 0 atom stereocenters. The van der Waals surface area contributed by atoms with Gasteiger partial charge >= 0.3 is 11.8 Å². The van der Waals surface area contributed by atoms with Crippen molar-refractivity contribution < 1.29 is 14.0 Å². The topological polar surface area (TPSA) is 70.6 Å². The Morgan fingerprint density at radius 3 is 2.57 bits per heavy atom. The van der Waals surface area contributed by atoms with Crippen LogP contribution in [-0.2, 0) is 9.59 Å². The Kier molecular flexibility index (Phi) is 5.67. The van der Waals surface area contributed by atoms with Gasteiger partial charge in [0.15, 0.2) is 0 Å². The molecule has 118 valence electrons. The Hall–Kier alpha value is -2.44. The summed E-state index contributed by atoms with van der Waals surface area (Å²) in [4.78, 5) is 23.2. The van der Waals surface area contributed by atoms with Crippen molar-refractivity contribution in [3.05, 3.63) is 63.9 Å². The minimum Gasteiger partial charge on any atom is -0.318 e.